The third kappa shape index (κ3) is 23.6. The van der Waals surface area contributed by atoms with E-state index >= 15 is 0 Å². The smallest absolute Gasteiger partial charge is 0.317 e. The third-order valence-corrected chi connectivity index (χ3v) is 27.6. The van der Waals surface area contributed by atoms with Gasteiger partial charge in [0.2, 0.25) is 23.6 Å². The zero-order valence-electron chi connectivity index (χ0n) is 83.3. The van der Waals surface area contributed by atoms with Gasteiger partial charge < -0.3 is 81.2 Å². The number of rotatable bonds is 31. The molecule has 11 aromatic heterocycles. The molecular formula is C109H116Cl2F2N26O11. The molecule has 0 spiro atoms. The SMILES string of the molecule is Cc1[nH]nc2c1c(=O)n(CCCNC(=O)C1CC1c1ccccc1)c1ccccc21.Cc1[nH]nc2c1c(=O)n(CCCNC(=O)CC(N)c1ccc(Cl)cc1)c1ccccc21.Cc1[nH]nc2c1c(=O)n(CCCNC(=O)N1CCOCC1)c1ccc(Cl)cc21.Cc1[nH]nc2c1c(=O)n(CCCNC(=O)[C@@H](N)Cc1ccc(F)c(F)c1)c1ccccc21.Cc1[nH]nc2c1c(=O)n(CCCNC(=O)[C@@H](N)Cc1cnc[nH]1)c1ccccc21. The molecule has 37 nitrogen and oxygen atoms in total. The van der Waals surface area contributed by atoms with Crippen LogP contribution in [0.2, 0.25) is 10.0 Å². The molecule has 6 amide bonds. The number of nitrogens with two attached hydrogens (primary N) is 3. The number of morpholine rings is 1. The van der Waals surface area contributed by atoms with Crippen LogP contribution in [0.5, 0.6) is 0 Å². The van der Waals surface area contributed by atoms with Crippen LogP contribution in [0.1, 0.15) is 108 Å². The van der Waals surface area contributed by atoms with Gasteiger partial charge in [0.25, 0.3) is 27.8 Å². The number of nitrogens with one attached hydrogen (secondary N) is 11. The Morgan fingerprint density at radius 3 is 1.23 bits per heavy atom. The zero-order valence-corrected chi connectivity index (χ0v) is 84.8. The first-order valence-corrected chi connectivity index (χ1v) is 50.5. The summed E-state index contributed by atoms with van der Waals surface area (Å²) in [6.45, 7) is 16.2. The van der Waals surface area contributed by atoms with Crippen molar-refractivity contribution in [3.8, 4) is 0 Å². The molecule has 0 radical (unpaired) electrons. The number of amides is 6. The number of hydrogen-bond acceptors (Lipinski definition) is 20. The molecule has 12 heterocycles. The number of halogens is 4. The van der Waals surface area contributed by atoms with Gasteiger partial charge in [0.1, 0.15) is 27.6 Å². The Bertz CT molecular complexity index is 8520. The number of para-hydroxylation sites is 4. The summed E-state index contributed by atoms with van der Waals surface area (Å²) in [6, 6.07) is 55.1. The molecule has 2 fully saturated rings. The lowest BCUT2D eigenvalue weighted by Gasteiger charge is -2.26. The number of imidazole rings is 1. The number of aromatic amines is 6. The molecule has 17 N–H and O–H groups in total. The lowest BCUT2D eigenvalue weighted by molar-refractivity contribution is -0.123. The number of fused-ring (bicyclic) bond motifs is 15. The van der Waals surface area contributed by atoms with E-state index in [1.807, 2.05) is 174 Å². The highest BCUT2D eigenvalue weighted by Gasteiger charge is 2.44. The van der Waals surface area contributed by atoms with Crippen LogP contribution in [0.4, 0.5) is 13.6 Å². The Hall–Kier alpha value is -16.2. The number of nitrogens with zero attached hydrogens (tertiary/aromatic N) is 12. The van der Waals surface area contributed by atoms with Gasteiger partial charge in [-0.3, -0.25) is 68.6 Å². The van der Waals surface area contributed by atoms with Crippen LogP contribution in [0.25, 0.3) is 109 Å². The molecule has 1 aliphatic carbocycles. The summed E-state index contributed by atoms with van der Waals surface area (Å²) in [7, 11) is 0. The van der Waals surface area contributed by atoms with Crippen LogP contribution in [-0.4, -0.2) is 189 Å². The minimum atomic E-state index is -0.974. The summed E-state index contributed by atoms with van der Waals surface area (Å²) in [5, 5.41) is 59.3. The predicted octanol–water partition coefficient (Wildman–Crippen LogP) is 12.7. The second-order valence-electron chi connectivity index (χ2n) is 37.4. The Morgan fingerprint density at radius 1 is 0.427 bits per heavy atom. The van der Waals surface area contributed by atoms with Gasteiger partial charge in [0.15, 0.2) is 11.6 Å². The minimum Gasteiger partial charge on any atom is -0.378 e. The average Bonchev–Trinajstić information content (AvgIpc) is 1.72. The van der Waals surface area contributed by atoms with Gasteiger partial charge in [0, 0.05) is 181 Å². The number of ether oxygens (including phenoxy) is 1. The number of hydrogen-bond donors (Lipinski definition) is 14. The molecule has 1 saturated carbocycles. The summed E-state index contributed by atoms with van der Waals surface area (Å²) in [5.41, 5.74) is 32.1. The van der Waals surface area contributed by atoms with Crippen molar-refractivity contribution in [2.75, 3.05) is 59.0 Å². The summed E-state index contributed by atoms with van der Waals surface area (Å²) in [6.07, 6.45) is 7.85. The van der Waals surface area contributed by atoms with Crippen molar-refractivity contribution in [3.63, 3.8) is 0 Å². The summed E-state index contributed by atoms with van der Waals surface area (Å²) >= 11 is 12.1. The number of benzene rings is 8. The highest BCUT2D eigenvalue weighted by Crippen LogP contribution is 2.47. The maximum absolute atomic E-state index is 13.3. The molecule has 776 valence electrons. The van der Waals surface area contributed by atoms with Crippen LogP contribution in [0.3, 0.4) is 0 Å². The third-order valence-electron chi connectivity index (χ3n) is 27.1. The molecular weight excluding hydrogens is 1960 g/mol. The van der Waals surface area contributed by atoms with E-state index in [0.717, 1.165) is 113 Å². The van der Waals surface area contributed by atoms with Gasteiger partial charge in [-0.1, -0.05) is 145 Å². The van der Waals surface area contributed by atoms with E-state index in [1.54, 1.807) is 58.5 Å². The fourth-order valence-corrected chi connectivity index (χ4v) is 19.5. The summed E-state index contributed by atoms with van der Waals surface area (Å²) in [5.74, 6) is -2.14. The molecule has 2 aliphatic rings. The maximum Gasteiger partial charge on any atom is 0.317 e. The average molecular weight is 2080 g/mol. The van der Waals surface area contributed by atoms with Crippen molar-refractivity contribution < 1.29 is 37.5 Å². The molecule has 19 aromatic rings. The van der Waals surface area contributed by atoms with Gasteiger partial charge >= 0.3 is 6.03 Å². The van der Waals surface area contributed by atoms with E-state index in [2.05, 4.69) is 99.7 Å². The van der Waals surface area contributed by atoms with Gasteiger partial charge in [-0.2, -0.15) is 25.5 Å². The summed E-state index contributed by atoms with van der Waals surface area (Å²) < 4.78 is 40.4. The fraction of sp³-hybridized carbons (Fsp3) is 0.303. The second kappa shape index (κ2) is 47.8. The van der Waals surface area contributed by atoms with Gasteiger partial charge in [-0.25, -0.2) is 18.6 Å². The lowest BCUT2D eigenvalue weighted by atomic mass is 10.0. The number of urea groups is 1. The zero-order chi connectivity index (χ0) is 106. The molecule has 1 aliphatic heterocycles. The number of H-pyrrole nitrogens is 6. The highest BCUT2D eigenvalue weighted by atomic mass is 35.5. The molecule has 8 aromatic carbocycles. The topological polar surface area (TPSA) is 518 Å². The van der Waals surface area contributed by atoms with E-state index < -0.39 is 35.7 Å². The maximum atomic E-state index is 13.3. The van der Waals surface area contributed by atoms with E-state index in [1.165, 1.54) is 11.6 Å². The summed E-state index contributed by atoms with van der Waals surface area (Å²) in [4.78, 5) is 135. The molecule has 150 heavy (non-hydrogen) atoms. The van der Waals surface area contributed by atoms with Crippen LogP contribution >= 0.6 is 23.2 Å². The lowest BCUT2D eigenvalue weighted by Crippen LogP contribution is -2.46. The van der Waals surface area contributed by atoms with Gasteiger partial charge in [0.05, 0.1) is 86.1 Å². The minimum absolute atomic E-state index is 0.0346. The number of aromatic nitrogens is 17. The number of carbonyl (C=O) groups excluding carboxylic acids is 5. The van der Waals surface area contributed by atoms with Gasteiger partial charge in [-0.05, 0) is 169 Å². The van der Waals surface area contributed by atoms with E-state index in [9.17, 15) is 56.7 Å². The second-order valence-corrected chi connectivity index (χ2v) is 38.2. The van der Waals surface area contributed by atoms with Crippen molar-refractivity contribution in [2.45, 2.75) is 149 Å². The van der Waals surface area contributed by atoms with Crippen LogP contribution in [-0.2, 0) is 69.5 Å². The van der Waals surface area contributed by atoms with Crippen molar-refractivity contribution >= 4 is 162 Å². The largest absolute Gasteiger partial charge is 0.378 e. The monoisotopic (exact) mass is 2070 g/mol. The van der Waals surface area contributed by atoms with Crippen LogP contribution in [0.15, 0.2) is 225 Å². The molecule has 5 atom stereocenters. The highest BCUT2D eigenvalue weighted by molar-refractivity contribution is 6.32. The molecule has 3 unspecified atom stereocenters. The first-order valence-electron chi connectivity index (χ1n) is 49.8. The first kappa shape index (κ1) is 105. The van der Waals surface area contributed by atoms with E-state index in [-0.39, 0.29) is 70.3 Å². The first-order chi connectivity index (χ1) is 72.6. The van der Waals surface area contributed by atoms with Crippen LogP contribution < -0.4 is 71.6 Å². The van der Waals surface area contributed by atoms with E-state index in [4.69, 9.17) is 45.1 Å². The van der Waals surface area contributed by atoms with Crippen molar-refractivity contribution in [3.05, 3.63) is 325 Å². The fourth-order valence-electron chi connectivity index (χ4n) is 19.2. The van der Waals surface area contributed by atoms with Gasteiger partial charge in [-0.15, -0.1) is 0 Å². The van der Waals surface area contributed by atoms with Crippen LogP contribution in [0, 0.1) is 52.2 Å². The quantitative estimate of drug-likeness (QED) is 0.0179. The van der Waals surface area contributed by atoms with Crippen molar-refractivity contribution in [1.29, 1.82) is 0 Å². The Labute approximate surface area is 865 Å². The standard InChI is InChI=1S/C24H24N4O2.C23H24ClN5O2.C23H23F2N5O2.C20H23N7O2.C19H22ClN5O3/c1-15-21-22(27-26-15)17-10-5-6-11-20(17)28(24(21)30)13-7-12-25-23(29)19-14-18(19)16-8-3-2-4-9-16;1-14-21-22(28-27-14)17-5-2-3-6-19(17)29(23(21)31)12-4-11-26-20(30)13-18(25)15-7-9-16(24)10-8-15;1-13-20-21(29-28-13)15-5-2-3-6-19(15)30(23(20)32)10-4-9-27-22(31)18(26)12-14-7-8-16(24)17(25)11-14;1-12-17-18(26-25-12)14-5-2-3-6-16(14)27(20(17)29)8-4-7-23-19(28)15(21)9-13-10-22-11-24-13;1-12-16-17(23-22-12)14-11-13(20)3-4-15(14)25(18(16)26)6-2-5-21-19(27)24-7-9-28-10-8-24/h2-6,8-11,18-19H,7,12-14H2,1H3,(H,25,29)(H,26,27);2-3,5-10,18H,4,11-13,25H2,1H3,(H,26,30)(H,27,28);2-3,5-8,11,18H,4,9-10,12,26H2,1H3,(H,27,31)(H,28,29);2-3,5-6,10-11,15H,4,7-9,21H2,1H3,(H,22,24)(H,23,28)(H,25,26);3-4,11H,2,5-10H2,1H3,(H,21,27)(H,22,23)/t;;18-;15-;/m..00./s1. The number of pyridine rings is 5. The number of carbonyl (C=O) groups is 5. The van der Waals surface area contributed by atoms with Crippen molar-refractivity contribution in [1.82, 2.24) is 115 Å². The van der Waals surface area contributed by atoms with E-state index in [0.29, 0.717) is 206 Å². The Morgan fingerprint density at radius 2 is 0.807 bits per heavy atom. The van der Waals surface area contributed by atoms with Crippen molar-refractivity contribution in [2.24, 2.45) is 23.1 Å². The molecule has 41 heteroatoms. The predicted molar refractivity (Wildman–Crippen MR) is 577 cm³/mol. The molecule has 0 bridgehead atoms. The normalized spacial score (nSPS) is 14.0. The Balaban J connectivity index is 0.000000128. The molecule has 1 saturated heterocycles. The molecule has 21 rings (SSSR count). The Kier molecular flexibility index (Phi) is 33.5. The number of aryl methyl sites for hydroxylation is 10.